The number of rotatable bonds is 9. The zero-order chi connectivity index (χ0) is 26.4. The van der Waals surface area contributed by atoms with Crippen molar-refractivity contribution in [3.05, 3.63) is 87.6 Å². The number of phenols is 1. The van der Waals surface area contributed by atoms with Crippen LogP contribution in [0.1, 0.15) is 61.1 Å². The molecule has 0 heterocycles. The third kappa shape index (κ3) is 6.27. The normalized spacial score (nSPS) is 15.6. The van der Waals surface area contributed by atoms with Crippen LogP contribution in [-0.4, -0.2) is 31.8 Å². The van der Waals surface area contributed by atoms with Gasteiger partial charge in [0.1, 0.15) is 11.6 Å². The minimum atomic E-state index is -0.429. The predicted molar refractivity (Wildman–Crippen MR) is 146 cm³/mol. The summed E-state index contributed by atoms with van der Waals surface area (Å²) in [6, 6.07) is 17.3. The Morgan fingerprint density at radius 2 is 1.70 bits per heavy atom. The fraction of sp³-hybridized carbons (Fsp3) is 0.367. The molecule has 1 atom stereocenters. The molecule has 0 unspecified atom stereocenters. The standard InChI is InChI=1S/C30H33BrFNO4/c1-36-27-13-8-21(16-28(27)37-2)30(14-4-3-5-15-30)19-33-29(35)18-24(20-6-10-23(32)11-7-20)25-17-22(31)9-12-26(25)34/h6-13,16-17,24,34H,3-5,14-15,18-19H2,1-2H3,(H,33,35)/t24-/m1/s1. The molecule has 37 heavy (non-hydrogen) atoms. The maximum absolute atomic E-state index is 13.6. The van der Waals surface area contributed by atoms with Gasteiger partial charge in [-0.05, 0) is 66.4 Å². The molecular formula is C30H33BrFNO4. The number of phenolic OH excluding ortho intramolecular Hbond substituents is 1. The molecule has 0 radical (unpaired) electrons. The summed E-state index contributed by atoms with van der Waals surface area (Å²) in [4.78, 5) is 13.4. The van der Waals surface area contributed by atoms with Crippen LogP contribution in [0, 0.1) is 5.82 Å². The highest BCUT2D eigenvalue weighted by atomic mass is 79.9. The van der Waals surface area contributed by atoms with Crippen molar-refractivity contribution < 1.29 is 23.8 Å². The van der Waals surface area contributed by atoms with E-state index in [0.29, 0.717) is 23.6 Å². The summed E-state index contributed by atoms with van der Waals surface area (Å²) in [5.41, 5.74) is 2.31. The number of methoxy groups -OCH3 is 2. The highest BCUT2D eigenvalue weighted by molar-refractivity contribution is 9.10. The van der Waals surface area contributed by atoms with Gasteiger partial charge in [0.2, 0.25) is 5.91 Å². The average molecular weight is 570 g/mol. The number of amides is 1. The number of aromatic hydroxyl groups is 1. The van der Waals surface area contributed by atoms with Gasteiger partial charge >= 0.3 is 0 Å². The zero-order valence-electron chi connectivity index (χ0n) is 21.2. The third-order valence-corrected chi connectivity index (χ3v) is 7.95. The Labute approximate surface area is 226 Å². The second kappa shape index (κ2) is 12.0. The number of nitrogens with one attached hydrogen (secondary N) is 1. The minimum absolute atomic E-state index is 0.0967. The first kappa shape index (κ1) is 27.0. The Morgan fingerprint density at radius 3 is 2.38 bits per heavy atom. The van der Waals surface area contributed by atoms with Crippen molar-refractivity contribution in [3.8, 4) is 17.2 Å². The number of carbonyl (C=O) groups excluding carboxylic acids is 1. The molecular weight excluding hydrogens is 537 g/mol. The molecule has 0 bridgehead atoms. The lowest BCUT2D eigenvalue weighted by atomic mass is 9.69. The molecule has 5 nitrogen and oxygen atoms in total. The molecule has 2 N–H and O–H groups in total. The molecule has 1 fully saturated rings. The lowest BCUT2D eigenvalue weighted by molar-refractivity contribution is -0.121. The van der Waals surface area contributed by atoms with Gasteiger partial charge in [0.25, 0.3) is 0 Å². The van der Waals surface area contributed by atoms with Crippen molar-refractivity contribution in [1.29, 1.82) is 0 Å². The number of ether oxygens (including phenoxy) is 2. The van der Waals surface area contributed by atoms with E-state index in [1.54, 1.807) is 38.5 Å². The number of hydrogen-bond donors (Lipinski definition) is 2. The highest BCUT2D eigenvalue weighted by Crippen LogP contribution is 2.42. The maximum atomic E-state index is 13.6. The predicted octanol–water partition coefficient (Wildman–Crippen LogP) is 6.85. The summed E-state index contributed by atoms with van der Waals surface area (Å²) in [6.45, 7) is 0.502. The van der Waals surface area contributed by atoms with Gasteiger partial charge in [-0.2, -0.15) is 0 Å². The molecule has 0 spiro atoms. The minimum Gasteiger partial charge on any atom is -0.508 e. The number of benzene rings is 3. The Kier molecular flexibility index (Phi) is 8.75. The monoisotopic (exact) mass is 569 g/mol. The first-order valence-electron chi connectivity index (χ1n) is 12.6. The topological polar surface area (TPSA) is 67.8 Å². The van der Waals surface area contributed by atoms with E-state index in [0.717, 1.165) is 41.3 Å². The van der Waals surface area contributed by atoms with Crippen LogP contribution in [0.25, 0.3) is 0 Å². The first-order valence-corrected chi connectivity index (χ1v) is 13.4. The number of halogens is 2. The summed E-state index contributed by atoms with van der Waals surface area (Å²) in [5.74, 6) is 0.551. The molecule has 1 aliphatic rings. The van der Waals surface area contributed by atoms with Crippen molar-refractivity contribution in [2.75, 3.05) is 20.8 Å². The fourth-order valence-electron chi connectivity index (χ4n) is 5.39. The lowest BCUT2D eigenvalue weighted by Gasteiger charge is -2.38. The van der Waals surface area contributed by atoms with Gasteiger partial charge in [-0.3, -0.25) is 4.79 Å². The van der Waals surface area contributed by atoms with Crippen LogP contribution in [0.4, 0.5) is 4.39 Å². The SMILES string of the molecule is COc1ccc(C2(CNC(=O)C[C@H](c3ccc(F)cc3)c3cc(Br)ccc3O)CCCCC2)cc1OC. The van der Waals surface area contributed by atoms with Gasteiger partial charge in [0.05, 0.1) is 14.2 Å². The van der Waals surface area contributed by atoms with Crippen LogP contribution in [0.15, 0.2) is 65.1 Å². The zero-order valence-corrected chi connectivity index (χ0v) is 22.8. The van der Waals surface area contributed by atoms with Crippen molar-refractivity contribution in [2.45, 2.75) is 49.9 Å². The van der Waals surface area contributed by atoms with E-state index in [2.05, 4.69) is 27.3 Å². The Balaban J connectivity index is 1.58. The van der Waals surface area contributed by atoms with E-state index in [-0.39, 0.29) is 29.3 Å². The molecule has 1 saturated carbocycles. The molecule has 1 amide bonds. The van der Waals surface area contributed by atoms with Crippen LogP contribution in [0.3, 0.4) is 0 Å². The van der Waals surface area contributed by atoms with E-state index >= 15 is 0 Å². The quantitative estimate of drug-likeness (QED) is 0.295. The van der Waals surface area contributed by atoms with Crippen LogP contribution in [0.2, 0.25) is 0 Å². The van der Waals surface area contributed by atoms with E-state index < -0.39 is 5.92 Å². The molecule has 0 saturated heterocycles. The first-order chi connectivity index (χ1) is 17.8. The van der Waals surface area contributed by atoms with E-state index in [4.69, 9.17) is 9.47 Å². The summed E-state index contributed by atoms with van der Waals surface area (Å²) in [6.07, 6.45) is 5.42. The van der Waals surface area contributed by atoms with Crippen molar-refractivity contribution >= 4 is 21.8 Å². The number of hydrogen-bond acceptors (Lipinski definition) is 4. The Morgan fingerprint density at radius 1 is 1.00 bits per heavy atom. The molecule has 1 aliphatic carbocycles. The second-order valence-electron chi connectivity index (χ2n) is 9.70. The van der Waals surface area contributed by atoms with Gasteiger partial charge < -0.3 is 19.9 Å². The molecule has 7 heteroatoms. The maximum Gasteiger partial charge on any atom is 0.220 e. The van der Waals surface area contributed by atoms with Crippen LogP contribution in [-0.2, 0) is 10.2 Å². The Hall–Kier alpha value is -3.06. The highest BCUT2D eigenvalue weighted by Gasteiger charge is 2.35. The number of carbonyl (C=O) groups is 1. The Bertz CT molecular complexity index is 1220. The summed E-state index contributed by atoms with van der Waals surface area (Å²) < 4.78 is 25.4. The third-order valence-electron chi connectivity index (χ3n) is 7.46. The van der Waals surface area contributed by atoms with Gasteiger partial charge in [0.15, 0.2) is 11.5 Å². The van der Waals surface area contributed by atoms with Gasteiger partial charge in [0, 0.05) is 34.3 Å². The van der Waals surface area contributed by atoms with Crippen molar-refractivity contribution in [1.82, 2.24) is 5.32 Å². The summed E-state index contributed by atoms with van der Waals surface area (Å²) in [7, 11) is 3.25. The molecule has 196 valence electrons. The second-order valence-corrected chi connectivity index (χ2v) is 10.6. The van der Waals surface area contributed by atoms with E-state index in [1.807, 2.05) is 18.2 Å². The fourth-order valence-corrected chi connectivity index (χ4v) is 5.77. The largest absolute Gasteiger partial charge is 0.508 e. The molecule has 3 aromatic carbocycles. The summed E-state index contributed by atoms with van der Waals surface area (Å²) >= 11 is 3.46. The lowest BCUT2D eigenvalue weighted by Crippen LogP contribution is -2.42. The van der Waals surface area contributed by atoms with Crippen molar-refractivity contribution in [2.24, 2.45) is 0 Å². The van der Waals surface area contributed by atoms with Gasteiger partial charge in [-0.15, -0.1) is 0 Å². The van der Waals surface area contributed by atoms with Crippen LogP contribution < -0.4 is 14.8 Å². The molecule has 0 aliphatic heterocycles. The van der Waals surface area contributed by atoms with E-state index in [9.17, 15) is 14.3 Å². The molecule has 4 rings (SSSR count). The average Bonchev–Trinajstić information content (AvgIpc) is 2.92. The molecule has 3 aromatic rings. The van der Waals surface area contributed by atoms with E-state index in [1.165, 1.54) is 18.6 Å². The van der Waals surface area contributed by atoms with Gasteiger partial charge in [-0.1, -0.05) is 53.4 Å². The van der Waals surface area contributed by atoms with Gasteiger partial charge in [-0.25, -0.2) is 4.39 Å². The van der Waals surface area contributed by atoms with Crippen molar-refractivity contribution in [3.63, 3.8) is 0 Å². The smallest absolute Gasteiger partial charge is 0.220 e. The van der Waals surface area contributed by atoms with Crippen LogP contribution >= 0.6 is 15.9 Å². The molecule has 0 aromatic heterocycles. The summed E-state index contributed by atoms with van der Waals surface area (Å²) in [5, 5.41) is 13.8. The van der Waals surface area contributed by atoms with Crippen LogP contribution in [0.5, 0.6) is 17.2 Å².